The summed E-state index contributed by atoms with van der Waals surface area (Å²) in [6.45, 7) is 7.19. The molecule has 0 saturated carbocycles. The molecule has 4 rings (SSSR count). The highest BCUT2D eigenvalue weighted by Gasteiger charge is 2.40. The SMILES string of the molecule is C#Cc1[nH]c2cccc3c2c1C[C@@H]1[C@@H]3C[C@H](NC(=S)N(CC)CC)CN1C. The van der Waals surface area contributed by atoms with Gasteiger partial charge in [0.1, 0.15) is 0 Å². The first kappa shape index (κ1) is 18.3. The number of hydrogen-bond acceptors (Lipinski definition) is 2. The minimum atomic E-state index is 0.368. The molecule has 142 valence electrons. The van der Waals surface area contributed by atoms with Crippen LogP contribution in [0.5, 0.6) is 0 Å². The van der Waals surface area contributed by atoms with Gasteiger partial charge in [-0.15, -0.1) is 6.42 Å². The van der Waals surface area contributed by atoms with Gasteiger partial charge in [-0.2, -0.15) is 0 Å². The number of rotatable bonds is 3. The van der Waals surface area contributed by atoms with Crippen molar-refractivity contribution in [2.75, 3.05) is 26.7 Å². The molecule has 2 aliphatic rings. The van der Waals surface area contributed by atoms with E-state index in [2.05, 4.69) is 65.1 Å². The lowest BCUT2D eigenvalue weighted by Crippen LogP contribution is -2.56. The third-order valence-electron chi connectivity index (χ3n) is 6.37. The van der Waals surface area contributed by atoms with Crippen molar-refractivity contribution in [3.8, 4) is 12.3 Å². The molecule has 4 nitrogen and oxygen atoms in total. The van der Waals surface area contributed by atoms with E-state index in [9.17, 15) is 0 Å². The molecule has 27 heavy (non-hydrogen) atoms. The maximum Gasteiger partial charge on any atom is 0.169 e. The van der Waals surface area contributed by atoms with E-state index in [-0.39, 0.29) is 0 Å². The van der Waals surface area contributed by atoms with Crippen LogP contribution in [0, 0.1) is 12.3 Å². The van der Waals surface area contributed by atoms with Crippen LogP contribution in [0.3, 0.4) is 0 Å². The number of likely N-dealkylation sites (tertiary alicyclic amines) is 1. The summed E-state index contributed by atoms with van der Waals surface area (Å²) in [5.41, 5.74) is 4.88. The van der Waals surface area contributed by atoms with Crippen molar-refractivity contribution >= 4 is 28.2 Å². The molecule has 0 spiro atoms. The normalized spacial score (nSPS) is 24.3. The maximum atomic E-state index is 5.77. The number of hydrogen-bond donors (Lipinski definition) is 2. The number of nitrogens with one attached hydrogen (secondary N) is 2. The van der Waals surface area contributed by atoms with Crippen LogP contribution in [0.25, 0.3) is 10.9 Å². The zero-order chi connectivity index (χ0) is 19.1. The molecule has 0 unspecified atom stereocenters. The van der Waals surface area contributed by atoms with Gasteiger partial charge in [0.2, 0.25) is 0 Å². The number of benzene rings is 1. The van der Waals surface area contributed by atoms with Crippen LogP contribution in [0.1, 0.15) is 43.0 Å². The van der Waals surface area contributed by atoms with Gasteiger partial charge in [0.15, 0.2) is 5.11 Å². The van der Waals surface area contributed by atoms with Crippen molar-refractivity contribution in [2.24, 2.45) is 0 Å². The molecular weight excluding hydrogens is 352 g/mol. The Morgan fingerprint density at radius 1 is 1.41 bits per heavy atom. The third kappa shape index (κ3) is 3.01. The Morgan fingerprint density at radius 2 is 2.19 bits per heavy atom. The Labute approximate surface area is 167 Å². The number of fused-ring (bicyclic) bond motifs is 2. The fourth-order valence-electron chi connectivity index (χ4n) is 5.03. The van der Waals surface area contributed by atoms with E-state index in [4.69, 9.17) is 18.6 Å². The lowest BCUT2D eigenvalue weighted by molar-refractivity contribution is 0.133. The molecule has 3 atom stereocenters. The van der Waals surface area contributed by atoms with Gasteiger partial charge in [0.05, 0.1) is 5.69 Å². The fraction of sp³-hybridized carbons (Fsp3) is 0.500. The lowest BCUT2D eigenvalue weighted by Gasteiger charge is -2.46. The highest BCUT2D eigenvalue weighted by molar-refractivity contribution is 7.80. The van der Waals surface area contributed by atoms with E-state index in [1.807, 2.05) is 0 Å². The van der Waals surface area contributed by atoms with Crippen molar-refractivity contribution < 1.29 is 0 Å². The molecule has 2 N–H and O–H groups in total. The van der Waals surface area contributed by atoms with Crippen molar-refractivity contribution in [1.29, 1.82) is 0 Å². The standard InChI is InChI=1S/C22H28N4S/c1-5-18-17-12-20-16(15-9-8-10-19(24-18)21(15)17)11-14(13-25(20)4)23-22(27)26(6-2)7-3/h1,8-10,14,16,20,24H,6-7,11-13H2,2-4H3,(H,23,27)/t14-,16+,20+/m0/s1. The predicted molar refractivity (Wildman–Crippen MR) is 116 cm³/mol. The molecule has 1 aromatic heterocycles. The zero-order valence-corrected chi connectivity index (χ0v) is 17.2. The summed E-state index contributed by atoms with van der Waals surface area (Å²) in [6.07, 6.45) is 7.90. The van der Waals surface area contributed by atoms with Gasteiger partial charge in [-0.25, -0.2) is 0 Å². The number of likely N-dealkylation sites (N-methyl/N-ethyl adjacent to an activating group) is 1. The van der Waals surface area contributed by atoms with Crippen molar-refractivity contribution in [2.45, 2.75) is 44.7 Å². The van der Waals surface area contributed by atoms with Crippen molar-refractivity contribution in [3.63, 3.8) is 0 Å². The topological polar surface area (TPSA) is 34.3 Å². The predicted octanol–water partition coefficient (Wildman–Crippen LogP) is 3.08. The second-order valence-corrected chi connectivity index (χ2v) is 8.15. The van der Waals surface area contributed by atoms with Crippen LogP contribution in [0.4, 0.5) is 0 Å². The van der Waals surface area contributed by atoms with Gasteiger partial charge >= 0.3 is 0 Å². The smallest absolute Gasteiger partial charge is 0.169 e. The number of terminal acetylenes is 1. The first-order valence-corrected chi connectivity index (χ1v) is 10.3. The summed E-state index contributed by atoms with van der Waals surface area (Å²) in [4.78, 5) is 8.15. The molecular formula is C22H28N4S. The molecule has 0 radical (unpaired) electrons. The Balaban J connectivity index is 1.65. The number of H-pyrrole nitrogens is 1. The van der Waals surface area contributed by atoms with Crippen molar-refractivity contribution in [3.05, 3.63) is 35.0 Å². The summed E-state index contributed by atoms with van der Waals surface area (Å²) in [5, 5.41) is 5.86. The van der Waals surface area contributed by atoms with Crippen LogP contribution in [0.15, 0.2) is 18.2 Å². The van der Waals surface area contributed by atoms with Gasteiger partial charge in [-0.05, 0) is 63.1 Å². The first-order chi connectivity index (χ1) is 13.1. The quantitative estimate of drug-likeness (QED) is 0.634. The van der Waals surface area contributed by atoms with Gasteiger partial charge in [-0.3, -0.25) is 0 Å². The van der Waals surface area contributed by atoms with Gasteiger partial charge in [0, 0.05) is 48.5 Å². The summed E-state index contributed by atoms with van der Waals surface area (Å²) < 4.78 is 0. The summed E-state index contributed by atoms with van der Waals surface area (Å²) in [7, 11) is 2.24. The Kier molecular flexibility index (Phi) is 4.88. The summed E-state index contributed by atoms with van der Waals surface area (Å²) in [6, 6.07) is 7.44. The molecule has 1 saturated heterocycles. The Morgan fingerprint density at radius 3 is 2.89 bits per heavy atom. The molecule has 1 aliphatic heterocycles. The van der Waals surface area contributed by atoms with E-state index < -0.39 is 0 Å². The second kappa shape index (κ2) is 7.18. The minimum Gasteiger partial charge on any atom is -0.359 e. The Hall–Kier alpha value is -2.03. The third-order valence-corrected chi connectivity index (χ3v) is 6.75. The fourth-order valence-corrected chi connectivity index (χ4v) is 5.46. The second-order valence-electron chi connectivity index (χ2n) is 7.76. The molecule has 0 amide bonds. The van der Waals surface area contributed by atoms with Gasteiger partial charge in [0.25, 0.3) is 0 Å². The number of nitrogens with zero attached hydrogens (tertiary/aromatic N) is 2. The number of piperidine rings is 1. The summed E-state index contributed by atoms with van der Waals surface area (Å²) in [5.74, 6) is 3.36. The average Bonchev–Trinajstić information content (AvgIpc) is 3.03. The first-order valence-electron chi connectivity index (χ1n) is 9.93. The number of aromatic amines is 1. The van der Waals surface area contributed by atoms with Crippen LogP contribution < -0.4 is 5.32 Å². The largest absolute Gasteiger partial charge is 0.359 e. The monoisotopic (exact) mass is 380 g/mol. The van der Waals surface area contributed by atoms with Crippen LogP contribution in [0.2, 0.25) is 0 Å². The van der Waals surface area contributed by atoms with Gasteiger partial charge in [-0.1, -0.05) is 18.1 Å². The minimum absolute atomic E-state index is 0.368. The average molecular weight is 381 g/mol. The van der Waals surface area contributed by atoms with Crippen LogP contribution in [-0.4, -0.2) is 58.7 Å². The van der Waals surface area contributed by atoms with Crippen LogP contribution in [-0.2, 0) is 6.42 Å². The molecule has 0 bridgehead atoms. The van der Waals surface area contributed by atoms with Crippen LogP contribution >= 0.6 is 12.2 Å². The molecule has 5 heteroatoms. The molecule has 2 aromatic rings. The highest BCUT2D eigenvalue weighted by atomic mass is 32.1. The Bertz CT molecular complexity index is 905. The molecule has 1 aliphatic carbocycles. The number of aromatic nitrogens is 1. The highest BCUT2D eigenvalue weighted by Crippen LogP contribution is 2.44. The van der Waals surface area contributed by atoms with E-state index in [0.717, 1.165) is 43.3 Å². The van der Waals surface area contributed by atoms with E-state index in [1.165, 1.54) is 22.0 Å². The maximum absolute atomic E-state index is 5.77. The lowest BCUT2D eigenvalue weighted by atomic mass is 9.73. The van der Waals surface area contributed by atoms with E-state index in [0.29, 0.717) is 18.0 Å². The van der Waals surface area contributed by atoms with E-state index in [1.54, 1.807) is 0 Å². The molecule has 1 aromatic carbocycles. The molecule has 2 heterocycles. The van der Waals surface area contributed by atoms with Crippen molar-refractivity contribution in [1.82, 2.24) is 20.1 Å². The zero-order valence-electron chi connectivity index (χ0n) is 16.4. The summed E-state index contributed by atoms with van der Waals surface area (Å²) >= 11 is 5.66. The molecule has 1 fully saturated rings. The number of thiocarbonyl (C=S) groups is 1. The van der Waals surface area contributed by atoms with Gasteiger partial charge < -0.3 is 20.1 Å². The van der Waals surface area contributed by atoms with E-state index >= 15 is 0 Å².